The fourth-order valence-corrected chi connectivity index (χ4v) is 1.79. The van der Waals surface area contributed by atoms with Crippen LogP contribution in [0, 0.1) is 0 Å². The van der Waals surface area contributed by atoms with E-state index < -0.39 is 12.0 Å². The first-order valence-corrected chi connectivity index (χ1v) is 6.28. The Kier molecular flexibility index (Phi) is 4.78. The average molecular weight is 276 g/mol. The number of methoxy groups -OCH3 is 1. The summed E-state index contributed by atoms with van der Waals surface area (Å²) in [7, 11) is 1.58. The first-order valence-electron chi connectivity index (χ1n) is 6.28. The lowest BCUT2D eigenvalue weighted by molar-refractivity contribution is -0.138. The van der Waals surface area contributed by atoms with Gasteiger partial charge in [0.1, 0.15) is 11.6 Å². The van der Waals surface area contributed by atoms with E-state index in [1.807, 2.05) is 12.1 Å². The number of para-hydroxylation sites is 1. The maximum Gasteiger partial charge on any atom is 0.326 e. The van der Waals surface area contributed by atoms with Crippen molar-refractivity contribution in [1.82, 2.24) is 15.2 Å². The van der Waals surface area contributed by atoms with Crippen LogP contribution in [0.1, 0.15) is 12.8 Å². The van der Waals surface area contributed by atoms with Gasteiger partial charge in [-0.25, -0.2) is 9.78 Å². The van der Waals surface area contributed by atoms with Crippen molar-refractivity contribution in [3.63, 3.8) is 0 Å². The topological polar surface area (TPSA) is 97.2 Å². The largest absolute Gasteiger partial charge is 0.480 e. The predicted molar refractivity (Wildman–Crippen MR) is 73.5 cm³/mol. The first kappa shape index (κ1) is 14.1. The molecule has 1 atom stereocenters. The van der Waals surface area contributed by atoms with Crippen molar-refractivity contribution in [3.8, 4) is 0 Å². The molecule has 0 spiro atoms. The van der Waals surface area contributed by atoms with Crippen LogP contribution >= 0.6 is 0 Å². The second kappa shape index (κ2) is 6.76. The minimum atomic E-state index is -0.946. The number of benzene rings is 1. The molecule has 0 amide bonds. The van der Waals surface area contributed by atoms with Crippen LogP contribution in [-0.4, -0.2) is 46.0 Å². The van der Waals surface area contributed by atoms with Gasteiger partial charge in [-0.05, 0) is 25.0 Å². The zero-order chi connectivity index (χ0) is 14.4. The van der Waals surface area contributed by atoms with Gasteiger partial charge in [0.2, 0.25) is 5.95 Å². The van der Waals surface area contributed by atoms with E-state index in [0.717, 1.165) is 0 Å². The van der Waals surface area contributed by atoms with Crippen molar-refractivity contribution in [1.29, 1.82) is 0 Å². The number of nitrogens with zero attached hydrogens (tertiary/aromatic N) is 3. The van der Waals surface area contributed by atoms with Crippen LogP contribution in [-0.2, 0) is 9.53 Å². The minimum absolute atomic E-state index is 0.216. The minimum Gasteiger partial charge on any atom is -0.480 e. The molecule has 0 aliphatic rings. The Bertz CT molecular complexity index is 591. The molecule has 0 saturated heterocycles. The van der Waals surface area contributed by atoms with Gasteiger partial charge in [-0.3, -0.25) is 0 Å². The van der Waals surface area contributed by atoms with E-state index in [-0.39, 0.29) is 5.95 Å². The van der Waals surface area contributed by atoms with E-state index in [2.05, 4.69) is 20.5 Å². The summed E-state index contributed by atoms with van der Waals surface area (Å²) in [5.74, 6) is -0.730. The molecule has 0 radical (unpaired) electrons. The molecule has 0 saturated carbocycles. The van der Waals surface area contributed by atoms with Crippen LogP contribution < -0.4 is 5.32 Å². The number of hydrogen-bond acceptors (Lipinski definition) is 6. The maximum absolute atomic E-state index is 11.2. The molecule has 1 unspecified atom stereocenters. The molecule has 0 aliphatic heterocycles. The van der Waals surface area contributed by atoms with Crippen molar-refractivity contribution in [2.24, 2.45) is 0 Å². The van der Waals surface area contributed by atoms with E-state index in [9.17, 15) is 4.79 Å². The number of fused-ring (bicyclic) bond motifs is 1. The molecule has 0 fully saturated rings. The third kappa shape index (κ3) is 3.61. The Hall–Kier alpha value is -2.28. The Morgan fingerprint density at radius 2 is 2.10 bits per heavy atom. The Morgan fingerprint density at radius 3 is 2.80 bits per heavy atom. The third-order valence-corrected chi connectivity index (χ3v) is 2.80. The van der Waals surface area contributed by atoms with Crippen LogP contribution in [0.4, 0.5) is 5.95 Å². The number of ether oxygens (including phenoxy) is 1. The molecule has 2 aromatic rings. The number of hydrogen-bond donors (Lipinski definition) is 2. The standard InChI is InChI=1S/C13H16N4O3/c1-20-8-4-7-11(12(18)19)15-13-14-9-5-2-3-6-10(9)16-17-13/h2-3,5-6,11H,4,7-8H2,1H3,(H,18,19)(H,14,15,17). The summed E-state index contributed by atoms with van der Waals surface area (Å²) in [4.78, 5) is 15.4. The highest BCUT2D eigenvalue weighted by atomic mass is 16.5. The molecule has 7 heteroatoms. The molecule has 0 aliphatic carbocycles. The van der Waals surface area contributed by atoms with E-state index in [0.29, 0.717) is 30.5 Å². The number of nitrogens with one attached hydrogen (secondary N) is 1. The molecule has 106 valence electrons. The third-order valence-electron chi connectivity index (χ3n) is 2.80. The smallest absolute Gasteiger partial charge is 0.326 e. The normalized spacial score (nSPS) is 12.2. The fraction of sp³-hybridized carbons (Fsp3) is 0.385. The molecule has 20 heavy (non-hydrogen) atoms. The molecular formula is C13H16N4O3. The van der Waals surface area contributed by atoms with Gasteiger partial charge >= 0.3 is 5.97 Å². The molecule has 2 rings (SSSR count). The summed E-state index contributed by atoms with van der Waals surface area (Å²) in [6.45, 7) is 0.516. The van der Waals surface area contributed by atoms with Gasteiger partial charge in [0, 0.05) is 13.7 Å². The second-order valence-corrected chi connectivity index (χ2v) is 4.29. The van der Waals surface area contributed by atoms with Gasteiger partial charge in [0.15, 0.2) is 0 Å². The van der Waals surface area contributed by atoms with Gasteiger partial charge < -0.3 is 15.2 Å². The summed E-state index contributed by atoms with van der Waals surface area (Å²) >= 11 is 0. The Morgan fingerprint density at radius 1 is 1.35 bits per heavy atom. The van der Waals surface area contributed by atoms with Crippen LogP contribution in [0.5, 0.6) is 0 Å². The lowest BCUT2D eigenvalue weighted by Crippen LogP contribution is -2.30. The fourth-order valence-electron chi connectivity index (χ4n) is 1.79. The summed E-state index contributed by atoms with van der Waals surface area (Å²) in [6.07, 6.45) is 1.07. The predicted octanol–water partition coefficient (Wildman–Crippen LogP) is 1.32. The second-order valence-electron chi connectivity index (χ2n) is 4.29. The molecule has 1 heterocycles. The van der Waals surface area contributed by atoms with Crippen LogP contribution in [0.25, 0.3) is 11.0 Å². The van der Waals surface area contributed by atoms with Crippen molar-refractivity contribution in [2.45, 2.75) is 18.9 Å². The van der Waals surface area contributed by atoms with E-state index >= 15 is 0 Å². The Labute approximate surface area is 116 Å². The maximum atomic E-state index is 11.2. The lowest BCUT2D eigenvalue weighted by atomic mass is 10.1. The number of carbonyl (C=O) groups is 1. The lowest BCUT2D eigenvalue weighted by Gasteiger charge is -2.13. The van der Waals surface area contributed by atoms with Crippen LogP contribution in [0.2, 0.25) is 0 Å². The van der Waals surface area contributed by atoms with Gasteiger partial charge in [-0.2, -0.15) is 0 Å². The average Bonchev–Trinajstić information content (AvgIpc) is 2.46. The van der Waals surface area contributed by atoms with E-state index in [1.165, 1.54) is 0 Å². The summed E-state index contributed by atoms with van der Waals surface area (Å²) in [5.41, 5.74) is 1.34. The molecule has 1 aromatic heterocycles. The van der Waals surface area contributed by atoms with Gasteiger partial charge in [0.25, 0.3) is 0 Å². The number of aliphatic carboxylic acids is 1. The van der Waals surface area contributed by atoms with Crippen LogP contribution in [0.3, 0.4) is 0 Å². The summed E-state index contributed by atoms with van der Waals surface area (Å²) < 4.78 is 4.92. The molecule has 7 nitrogen and oxygen atoms in total. The number of rotatable bonds is 7. The SMILES string of the molecule is COCCCC(Nc1nnc2ccccc2n1)C(=O)O. The van der Waals surface area contributed by atoms with Crippen LogP contribution in [0.15, 0.2) is 24.3 Å². The molecular weight excluding hydrogens is 260 g/mol. The molecule has 0 bridgehead atoms. The number of carboxylic acids is 1. The first-order chi connectivity index (χ1) is 9.70. The number of anilines is 1. The number of aromatic nitrogens is 3. The van der Waals surface area contributed by atoms with Crippen molar-refractivity contribution in [2.75, 3.05) is 19.0 Å². The zero-order valence-electron chi connectivity index (χ0n) is 11.1. The summed E-state index contributed by atoms with van der Waals surface area (Å²) in [5, 5.41) is 19.8. The number of carboxylic acid groups (broad SMARTS) is 1. The van der Waals surface area contributed by atoms with E-state index in [4.69, 9.17) is 9.84 Å². The summed E-state index contributed by atoms with van der Waals surface area (Å²) in [6, 6.07) is 6.53. The quantitative estimate of drug-likeness (QED) is 0.736. The van der Waals surface area contributed by atoms with Gasteiger partial charge in [-0.1, -0.05) is 12.1 Å². The molecule has 1 aromatic carbocycles. The monoisotopic (exact) mass is 276 g/mol. The highest BCUT2D eigenvalue weighted by Gasteiger charge is 2.18. The molecule has 2 N–H and O–H groups in total. The van der Waals surface area contributed by atoms with Gasteiger partial charge in [-0.15, -0.1) is 10.2 Å². The highest BCUT2D eigenvalue weighted by Crippen LogP contribution is 2.11. The van der Waals surface area contributed by atoms with E-state index in [1.54, 1.807) is 19.2 Å². The highest BCUT2D eigenvalue weighted by molar-refractivity contribution is 5.77. The zero-order valence-corrected chi connectivity index (χ0v) is 11.1. The Balaban J connectivity index is 2.09. The van der Waals surface area contributed by atoms with Crippen molar-refractivity contribution in [3.05, 3.63) is 24.3 Å². The van der Waals surface area contributed by atoms with Crippen molar-refractivity contribution < 1.29 is 14.6 Å². The van der Waals surface area contributed by atoms with Crippen molar-refractivity contribution >= 4 is 23.0 Å². The van der Waals surface area contributed by atoms with Gasteiger partial charge in [0.05, 0.1) is 5.52 Å².